The highest BCUT2D eigenvalue weighted by atomic mass is 16.5. The van der Waals surface area contributed by atoms with E-state index in [1.165, 1.54) is 7.11 Å². The van der Waals surface area contributed by atoms with Crippen LogP contribution in [0, 0.1) is 0 Å². The SMILES string of the molecule is COC(=O)c1ccc(-c2ccccc2)c(C(C)(C)c2ccccc2)c1-c1nn[nH]n1. The minimum absolute atomic E-state index is 0.354. The maximum absolute atomic E-state index is 12.7. The zero-order valence-electron chi connectivity index (χ0n) is 17.1. The van der Waals surface area contributed by atoms with Gasteiger partial charge in [0.2, 0.25) is 5.82 Å². The number of tetrazole rings is 1. The normalized spacial score (nSPS) is 11.3. The van der Waals surface area contributed by atoms with Crippen molar-refractivity contribution < 1.29 is 9.53 Å². The van der Waals surface area contributed by atoms with Crippen molar-refractivity contribution in [3.8, 4) is 22.5 Å². The minimum Gasteiger partial charge on any atom is -0.465 e. The van der Waals surface area contributed by atoms with Crippen molar-refractivity contribution in [2.24, 2.45) is 0 Å². The summed E-state index contributed by atoms with van der Waals surface area (Å²) < 4.78 is 5.07. The summed E-state index contributed by atoms with van der Waals surface area (Å²) in [7, 11) is 1.37. The van der Waals surface area contributed by atoms with Crippen molar-refractivity contribution in [2.75, 3.05) is 7.11 Å². The van der Waals surface area contributed by atoms with Gasteiger partial charge in [-0.1, -0.05) is 80.6 Å². The van der Waals surface area contributed by atoms with Crippen LogP contribution < -0.4 is 0 Å². The molecular formula is C24H22N4O2. The number of methoxy groups -OCH3 is 1. The van der Waals surface area contributed by atoms with Crippen LogP contribution in [0.25, 0.3) is 22.5 Å². The molecule has 0 radical (unpaired) electrons. The fourth-order valence-electron chi connectivity index (χ4n) is 3.89. The summed E-state index contributed by atoms with van der Waals surface area (Å²) in [6.07, 6.45) is 0. The molecule has 0 atom stereocenters. The van der Waals surface area contributed by atoms with Gasteiger partial charge in [-0.2, -0.15) is 5.21 Å². The monoisotopic (exact) mass is 398 g/mol. The third-order valence-electron chi connectivity index (χ3n) is 5.38. The molecule has 0 aliphatic rings. The lowest BCUT2D eigenvalue weighted by Crippen LogP contribution is -2.23. The van der Waals surface area contributed by atoms with Gasteiger partial charge >= 0.3 is 5.97 Å². The summed E-state index contributed by atoms with van der Waals surface area (Å²) in [5.41, 5.74) is 4.63. The number of carbonyl (C=O) groups excluding carboxylic acids is 1. The van der Waals surface area contributed by atoms with Crippen LogP contribution in [-0.2, 0) is 10.2 Å². The van der Waals surface area contributed by atoms with E-state index in [4.69, 9.17) is 4.74 Å². The minimum atomic E-state index is -0.466. The second-order valence-corrected chi connectivity index (χ2v) is 7.49. The number of H-pyrrole nitrogens is 1. The summed E-state index contributed by atoms with van der Waals surface area (Å²) in [4.78, 5) is 12.7. The van der Waals surface area contributed by atoms with Gasteiger partial charge in [0.25, 0.3) is 0 Å². The van der Waals surface area contributed by atoms with Gasteiger partial charge in [-0.3, -0.25) is 0 Å². The summed E-state index contributed by atoms with van der Waals surface area (Å²) in [6.45, 7) is 4.27. The Bertz CT molecular complexity index is 1150. The maximum Gasteiger partial charge on any atom is 0.338 e. The molecule has 0 bridgehead atoms. The molecule has 0 aliphatic heterocycles. The predicted octanol–water partition coefficient (Wildman–Crippen LogP) is 4.65. The molecule has 4 rings (SSSR count). The molecule has 30 heavy (non-hydrogen) atoms. The molecule has 0 spiro atoms. The largest absolute Gasteiger partial charge is 0.465 e. The Morgan fingerprint density at radius 1 is 0.933 bits per heavy atom. The lowest BCUT2D eigenvalue weighted by atomic mass is 9.72. The zero-order chi connectivity index (χ0) is 21.1. The number of hydrogen-bond donors (Lipinski definition) is 1. The van der Waals surface area contributed by atoms with Crippen LogP contribution in [0.1, 0.15) is 35.3 Å². The highest BCUT2D eigenvalue weighted by molar-refractivity contribution is 5.99. The van der Waals surface area contributed by atoms with Crippen LogP contribution in [0.2, 0.25) is 0 Å². The predicted molar refractivity (Wildman–Crippen MR) is 115 cm³/mol. The van der Waals surface area contributed by atoms with Crippen LogP contribution in [0.15, 0.2) is 72.8 Å². The summed E-state index contributed by atoms with van der Waals surface area (Å²) >= 11 is 0. The van der Waals surface area contributed by atoms with Gasteiger partial charge in [0.05, 0.1) is 12.7 Å². The average Bonchev–Trinajstić information content (AvgIpc) is 3.33. The molecule has 6 nitrogen and oxygen atoms in total. The van der Waals surface area contributed by atoms with Crippen LogP contribution in [0.5, 0.6) is 0 Å². The number of benzene rings is 3. The zero-order valence-corrected chi connectivity index (χ0v) is 17.1. The highest BCUT2D eigenvalue weighted by Gasteiger charge is 2.34. The molecule has 1 N–H and O–H groups in total. The van der Waals surface area contributed by atoms with Gasteiger partial charge in [-0.25, -0.2) is 4.79 Å². The lowest BCUT2D eigenvalue weighted by Gasteiger charge is -2.31. The number of carbonyl (C=O) groups is 1. The van der Waals surface area contributed by atoms with E-state index in [0.717, 1.165) is 22.3 Å². The Kier molecular flexibility index (Phi) is 5.14. The van der Waals surface area contributed by atoms with Crippen molar-refractivity contribution in [2.45, 2.75) is 19.3 Å². The first-order chi connectivity index (χ1) is 14.5. The molecule has 3 aromatic carbocycles. The van der Waals surface area contributed by atoms with Crippen LogP contribution in [0.3, 0.4) is 0 Å². The standard InChI is InChI=1S/C24H22N4O2/c1-24(2,17-12-8-5-9-13-17)21-18(16-10-6-4-7-11-16)14-15-19(23(29)30-3)20(21)22-25-27-28-26-22/h4-15H,1-3H3,(H,25,26,27,28). The molecule has 0 saturated heterocycles. The second-order valence-electron chi connectivity index (χ2n) is 7.49. The summed E-state index contributed by atoms with van der Waals surface area (Å²) in [6, 6.07) is 24.0. The Balaban J connectivity index is 2.12. The molecule has 0 fully saturated rings. The summed E-state index contributed by atoms with van der Waals surface area (Å²) in [5.74, 6) is -0.0910. The number of ether oxygens (including phenoxy) is 1. The third kappa shape index (κ3) is 3.37. The number of hydrogen-bond acceptors (Lipinski definition) is 5. The Labute approximate surface area is 174 Å². The fourth-order valence-corrected chi connectivity index (χ4v) is 3.89. The van der Waals surface area contributed by atoms with E-state index in [9.17, 15) is 4.79 Å². The highest BCUT2D eigenvalue weighted by Crippen LogP contribution is 2.44. The molecule has 0 amide bonds. The molecule has 0 aliphatic carbocycles. The molecule has 0 unspecified atom stereocenters. The number of nitrogens with zero attached hydrogens (tertiary/aromatic N) is 3. The van der Waals surface area contributed by atoms with Crippen molar-refractivity contribution in [1.29, 1.82) is 0 Å². The molecule has 1 heterocycles. The maximum atomic E-state index is 12.7. The summed E-state index contributed by atoms with van der Waals surface area (Å²) in [5, 5.41) is 14.7. The van der Waals surface area contributed by atoms with Gasteiger partial charge in [-0.15, -0.1) is 10.2 Å². The molecular weight excluding hydrogens is 376 g/mol. The van der Waals surface area contributed by atoms with E-state index in [2.05, 4.69) is 58.7 Å². The van der Waals surface area contributed by atoms with Gasteiger partial charge in [-0.05, 0) is 33.5 Å². The van der Waals surface area contributed by atoms with E-state index < -0.39 is 11.4 Å². The van der Waals surface area contributed by atoms with Gasteiger partial charge in [0.15, 0.2) is 0 Å². The Hall–Kier alpha value is -3.80. The van der Waals surface area contributed by atoms with E-state index in [0.29, 0.717) is 17.0 Å². The first-order valence-electron chi connectivity index (χ1n) is 9.64. The Morgan fingerprint density at radius 3 is 2.20 bits per heavy atom. The van der Waals surface area contributed by atoms with E-state index >= 15 is 0 Å². The average molecular weight is 398 g/mol. The first-order valence-corrected chi connectivity index (χ1v) is 9.64. The number of rotatable bonds is 5. The van der Waals surface area contributed by atoms with Crippen molar-refractivity contribution >= 4 is 5.97 Å². The number of esters is 1. The van der Waals surface area contributed by atoms with Crippen LogP contribution >= 0.6 is 0 Å². The number of aromatic amines is 1. The Morgan fingerprint density at radius 2 is 1.60 bits per heavy atom. The molecule has 6 heteroatoms. The number of aromatic nitrogens is 4. The van der Waals surface area contributed by atoms with E-state index in [1.54, 1.807) is 6.07 Å². The molecule has 1 aromatic heterocycles. The quantitative estimate of drug-likeness (QED) is 0.495. The van der Waals surface area contributed by atoms with E-state index in [1.807, 2.05) is 42.5 Å². The van der Waals surface area contributed by atoms with Crippen molar-refractivity contribution in [3.05, 3.63) is 89.5 Å². The topological polar surface area (TPSA) is 80.8 Å². The first kappa shape index (κ1) is 19.5. The smallest absolute Gasteiger partial charge is 0.338 e. The van der Waals surface area contributed by atoms with Crippen LogP contribution in [-0.4, -0.2) is 33.7 Å². The number of nitrogens with one attached hydrogen (secondary N) is 1. The lowest BCUT2D eigenvalue weighted by molar-refractivity contribution is 0.0601. The fraction of sp³-hybridized carbons (Fsp3) is 0.167. The van der Waals surface area contributed by atoms with Crippen LogP contribution in [0.4, 0.5) is 0 Å². The van der Waals surface area contributed by atoms with Gasteiger partial charge < -0.3 is 4.74 Å². The van der Waals surface area contributed by atoms with Gasteiger partial charge in [0.1, 0.15) is 0 Å². The molecule has 0 saturated carbocycles. The van der Waals surface area contributed by atoms with E-state index in [-0.39, 0.29) is 0 Å². The molecule has 150 valence electrons. The van der Waals surface area contributed by atoms with Gasteiger partial charge in [0, 0.05) is 11.0 Å². The third-order valence-corrected chi connectivity index (χ3v) is 5.38. The van der Waals surface area contributed by atoms with Crippen molar-refractivity contribution in [3.63, 3.8) is 0 Å². The second kappa shape index (κ2) is 7.91. The van der Waals surface area contributed by atoms with Crippen molar-refractivity contribution in [1.82, 2.24) is 20.6 Å². The molecule has 4 aromatic rings.